The van der Waals surface area contributed by atoms with E-state index in [0.717, 1.165) is 25.6 Å². The molecule has 2 N–H and O–H groups in total. The van der Waals surface area contributed by atoms with E-state index < -0.39 is 11.5 Å². The normalized spacial score (nSPS) is 19.3. The monoisotopic (exact) mass is 242 g/mol. The van der Waals surface area contributed by atoms with Crippen LogP contribution >= 0.6 is 0 Å². The molecule has 0 bridgehead atoms. The fraction of sp³-hybridized carbons (Fsp3) is 0.923. The molecule has 1 saturated carbocycles. The minimum absolute atomic E-state index is 0.633. The summed E-state index contributed by atoms with van der Waals surface area (Å²) in [5, 5.41) is 12.3. The molecular weight excluding hydrogens is 216 g/mol. The SMILES string of the molecule is CCN(CCCC(CC)(NC)C(=O)O)C1CC1. The van der Waals surface area contributed by atoms with Crippen molar-refractivity contribution in [1.29, 1.82) is 0 Å². The highest BCUT2D eigenvalue weighted by molar-refractivity contribution is 5.78. The summed E-state index contributed by atoms with van der Waals surface area (Å²) in [4.78, 5) is 13.8. The van der Waals surface area contributed by atoms with Gasteiger partial charge in [-0.2, -0.15) is 0 Å². The summed E-state index contributed by atoms with van der Waals surface area (Å²) in [5.41, 5.74) is -0.733. The van der Waals surface area contributed by atoms with Gasteiger partial charge in [0.05, 0.1) is 0 Å². The molecule has 17 heavy (non-hydrogen) atoms. The van der Waals surface area contributed by atoms with Gasteiger partial charge < -0.3 is 15.3 Å². The smallest absolute Gasteiger partial charge is 0.323 e. The van der Waals surface area contributed by atoms with Gasteiger partial charge in [-0.3, -0.25) is 4.79 Å². The molecule has 0 aromatic heterocycles. The Kier molecular flexibility index (Phi) is 5.40. The second kappa shape index (κ2) is 6.36. The maximum absolute atomic E-state index is 11.3. The van der Waals surface area contributed by atoms with Crippen LogP contribution < -0.4 is 5.32 Å². The quantitative estimate of drug-likeness (QED) is 0.646. The Hall–Kier alpha value is -0.610. The van der Waals surface area contributed by atoms with Crippen LogP contribution in [0.2, 0.25) is 0 Å². The van der Waals surface area contributed by atoms with Crippen LogP contribution in [0.4, 0.5) is 0 Å². The summed E-state index contributed by atoms with van der Waals surface area (Å²) < 4.78 is 0. The molecule has 0 spiro atoms. The zero-order valence-corrected chi connectivity index (χ0v) is 11.3. The van der Waals surface area contributed by atoms with Gasteiger partial charge in [-0.25, -0.2) is 0 Å². The number of nitrogens with one attached hydrogen (secondary N) is 1. The van der Waals surface area contributed by atoms with Crippen molar-refractivity contribution >= 4 is 5.97 Å². The van der Waals surface area contributed by atoms with Crippen LogP contribution in [-0.4, -0.2) is 47.7 Å². The van der Waals surface area contributed by atoms with Gasteiger partial charge in [-0.05, 0) is 52.2 Å². The Labute approximate surface area is 104 Å². The number of hydrogen-bond acceptors (Lipinski definition) is 3. The van der Waals surface area contributed by atoms with Crippen molar-refractivity contribution in [1.82, 2.24) is 10.2 Å². The number of hydrogen-bond donors (Lipinski definition) is 2. The van der Waals surface area contributed by atoms with Gasteiger partial charge in [0.1, 0.15) is 5.54 Å². The second-order valence-corrected chi connectivity index (χ2v) is 4.95. The lowest BCUT2D eigenvalue weighted by Gasteiger charge is -2.29. The van der Waals surface area contributed by atoms with Crippen LogP contribution in [0.15, 0.2) is 0 Å². The molecule has 4 heteroatoms. The van der Waals surface area contributed by atoms with Crippen molar-refractivity contribution in [2.45, 2.75) is 57.5 Å². The molecule has 1 fully saturated rings. The lowest BCUT2D eigenvalue weighted by atomic mass is 9.90. The van der Waals surface area contributed by atoms with E-state index in [2.05, 4.69) is 17.1 Å². The maximum Gasteiger partial charge on any atom is 0.323 e. The molecule has 0 aliphatic heterocycles. The summed E-state index contributed by atoms with van der Waals surface area (Å²) in [6.07, 6.45) is 4.92. The van der Waals surface area contributed by atoms with Gasteiger partial charge in [-0.1, -0.05) is 13.8 Å². The van der Waals surface area contributed by atoms with Gasteiger partial charge in [0.2, 0.25) is 0 Å². The first kappa shape index (κ1) is 14.5. The maximum atomic E-state index is 11.3. The third-order valence-electron chi connectivity index (χ3n) is 4.01. The van der Waals surface area contributed by atoms with Gasteiger partial charge in [-0.15, -0.1) is 0 Å². The van der Waals surface area contributed by atoms with Crippen LogP contribution in [0.3, 0.4) is 0 Å². The van der Waals surface area contributed by atoms with Crippen molar-refractivity contribution in [3.8, 4) is 0 Å². The average Bonchev–Trinajstić information content (AvgIpc) is 3.14. The summed E-state index contributed by atoms with van der Waals surface area (Å²) in [6.45, 7) is 6.22. The second-order valence-electron chi connectivity index (χ2n) is 4.95. The highest BCUT2D eigenvalue weighted by Gasteiger charge is 2.35. The van der Waals surface area contributed by atoms with E-state index in [-0.39, 0.29) is 0 Å². The number of aliphatic carboxylic acids is 1. The summed E-state index contributed by atoms with van der Waals surface area (Å²) >= 11 is 0. The Balaban J connectivity index is 2.38. The lowest BCUT2D eigenvalue weighted by molar-refractivity contribution is -0.145. The van der Waals surface area contributed by atoms with Crippen LogP contribution in [0.5, 0.6) is 0 Å². The van der Waals surface area contributed by atoms with E-state index in [0.29, 0.717) is 12.8 Å². The van der Waals surface area contributed by atoms with E-state index in [1.54, 1.807) is 7.05 Å². The first-order valence-electron chi connectivity index (χ1n) is 6.76. The Morgan fingerprint density at radius 2 is 2.12 bits per heavy atom. The molecule has 0 saturated heterocycles. The third kappa shape index (κ3) is 3.68. The molecule has 1 aliphatic carbocycles. The lowest BCUT2D eigenvalue weighted by Crippen LogP contribution is -2.50. The van der Waals surface area contributed by atoms with E-state index in [1.807, 2.05) is 6.92 Å². The molecule has 1 atom stereocenters. The summed E-state index contributed by atoms with van der Waals surface area (Å²) in [5.74, 6) is -0.725. The van der Waals surface area contributed by atoms with E-state index in [1.165, 1.54) is 12.8 Å². The number of likely N-dealkylation sites (N-methyl/N-ethyl adjacent to an activating group) is 1. The van der Waals surface area contributed by atoms with E-state index >= 15 is 0 Å². The van der Waals surface area contributed by atoms with Gasteiger partial charge in [0.25, 0.3) is 0 Å². The molecule has 1 rings (SSSR count). The van der Waals surface area contributed by atoms with Gasteiger partial charge >= 0.3 is 5.97 Å². The van der Waals surface area contributed by atoms with Crippen LogP contribution in [0.1, 0.15) is 46.0 Å². The number of carboxylic acids is 1. The Morgan fingerprint density at radius 3 is 2.47 bits per heavy atom. The fourth-order valence-corrected chi connectivity index (χ4v) is 2.47. The standard InChI is InChI=1S/C13H26N2O2/c1-4-13(14-3,12(16)17)9-6-10-15(5-2)11-7-8-11/h11,14H,4-10H2,1-3H3,(H,16,17). The summed E-state index contributed by atoms with van der Waals surface area (Å²) in [7, 11) is 1.75. The average molecular weight is 242 g/mol. The number of nitrogens with zero attached hydrogens (tertiary/aromatic N) is 1. The molecule has 4 nitrogen and oxygen atoms in total. The summed E-state index contributed by atoms with van der Waals surface area (Å²) in [6, 6.07) is 0.774. The first-order chi connectivity index (χ1) is 8.09. The number of carbonyl (C=O) groups is 1. The molecule has 1 unspecified atom stereocenters. The van der Waals surface area contributed by atoms with Crippen LogP contribution in [0.25, 0.3) is 0 Å². The highest BCUT2D eigenvalue weighted by atomic mass is 16.4. The third-order valence-corrected chi connectivity index (χ3v) is 4.01. The number of rotatable bonds is 9. The van der Waals surface area contributed by atoms with Gasteiger partial charge in [0.15, 0.2) is 0 Å². The molecular formula is C13H26N2O2. The molecule has 0 radical (unpaired) electrons. The molecule has 1 aliphatic rings. The van der Waals surface area contributed by atoms with Crippen molar-refractivity contribution in [3.05, 3.63) is 0 Å². The Bertz CT molecular complexity index is 248. The molecule has 0 aromatic carbocycles. The van der Waals surface area contributed by atoms with Crippen molar-refractivity contribution in [2.75, 3.05) is 20.1 Å². The predicted molar refractivity (Wildman–Crippen MR) is 69.2 cm³/mol. The molecule has 0 aromatic rings. The van der Waals surface area contributed by atoms with E-state index in [9.17, 15) is 9.90 Å². The number of carboxylic acid groups (broad SMARTS) is 1. The zero-order valence-electron chi connectivity index (χ0n) is 11.3. The van der Waals surface area contributed by atoms with E-state index in [4.69, 9.17) is 0 Å². The van der Waals surface area contributed by atoms with Crippen LogP contribution in [-0.2, 0) is 4.79 Å². The topological polar surface area (TPSA) is 52.6 Å². The fourth-order valence-electron chi connectivity index (χ4n) is 2.47. The molecule has 0 heterocycles. The van der Waals surface area contributed by atoms with Gasteiger partial charge in [0, 0.05) is 6.04 Å². The van der Waals surface area contributed by atoms with Crippen molar-refractivity contribution in [2.24, 2.45) is 0 Å². The first-order valence-corrected chi connectivity index (χ1v) is 6.76. The Morgan fingerprint density at radius 1 is 1.47 bits per heavy atom. The molecule has 0 amide bonds. The molecule has 100 valence electrons. The zero-order chi connectivity index (χ0) is 12.9. The minimum Gasteiger partial charge on any atom is -0.480 e. The predicted octanol–water partition coefficient (Wildman–Crippen LogP) is 1.70. The largest absolute Gasteiger partial charge is 0.480 e. The highest BCUT2D eigenvalue weighted by Crippen LogP contribution is 2.27. The minimum atomic E-state index is -0.733. The van der Waals surface area contributed by atoms with Crippen molar-refractivity contribution in [3.63, 3.8) is 0 Å². The van der Waals surface area contributed by atoms with Crippen LogP contribution in [0, 0.1) is 0 Å². The van der Waals surface area contributed by atoms with Crippen molar-refractivity contribution < 1.29 is 9.90 Å².